The van der Waals surface area contributed by atoms with Gasteiger partial charge in [0.25, 0.3) is 0 Å². The SMILES string of the molecule is CN(CC(=O)NCc1cncc(-c2ccco2)c1)S(C)(=O)=O. The number of carbonyl (C=O) groups excluding carboxylic acids is 1. The minimum atomic E-state index is -3.37. The van der Waals surface area contributed by atoms with Crippen LogP contribution in [-0.2, 0) is 21.4 Å². The van der Waals surface area contributed by atoms with Gasteiger partial charge in [-0.2, -0.15) is 4.31 Å². The summed E-state index contributed by atoms with van der Waals surface area (Å²) in [6.07, 6.45) is 5.93. The molecular weight excluding hydrogens is 306 g/mol. The molecule has 0 spiro atoms. The summed E-state index contributed by atoms with van der Waals surface area (Å²) in [7, 11) is -2.01. The molecule has 1 amide bonds. The van der Waals surface area contributed by atoms with E-state index in [0.29, 0.717) is 5.76 Å². The molecule has 2 aromatic rings. The van der Waals surface area contributed by atoms with E-state index in [0.717, 1.165) is 21.7 Å². The molecular formula is C14H17N3O4S. The van der Waals surface area contributed by atoms with Gasteiger partial charge in [-0.25, -0.2) is 8.42 Å². The normalized spacial score (nSPS) is 11.6. The number of pyridine rings is 1. The van der Waals surface area contributed by atoms with Gasteiger partial charge in [-0.3, -0.25) is 9.78 Å². The van der Waals surface area contributed by atoms with Crippen molar-refractivity contribution in [2.24, 2.45) is 0 Å². The Morgan fingerprint density at radius 1 is 1.41 bits per heavy atom. The predicted molar refractivity (Wildman–Crippen MR) is 81.3 cm³/mol. The zero-order valence-corrected chi connectivity index (χ0v) is 13.1. The van der Waals surface area contributed by atoms with E-state index in [4.69, 9.17) is 4.42 Å². The quantitative estimate of drug-likeness (QED) is 0.851. The van der Waals surface area contributed by atoms with E-state index in [1.54, 1.807) is 24.7 Å². The van der Waals surface area contributed by atoms with Crippen LogP contribution in [0.3, 0.4) is 0 Å². The lowest BCUT2D eigenvalue weighted by Crippen LogP contribution is -2.37. The number of hydrogen-bond acceptors (Lipinski definition) is 5. The first-order chi connectivity index (χ1) is 10.4. The summed E-state index contributed by atoms with van der Waals surface area (Å²) in [5, 5.41) is 2.66. The summed E-state index contributed by atoms with van der Waals surface area (Å²) in [6, 6.07) is 5.46. The second-order valence-electron chi connectivity index (χ2n) is 4.85. The molecule has 0 atom stereocenters. The van der Waals surface area contributed by atoms with E-state index in [1.165, 1.54) is 7.05 Å². The van der Waals surface area contributed by atoms with E-state index in [-0.39, 0.29) is 19.0 Å². The third-order valence-corrected chi connectivity index (χ3v) is 4.28. The van der Waals surface area contributed by atoms with Crippen molar-refractivity contribution in [3.05, 3.63) is 42.4 Å². The number of nitrogens with one attached hydrogen (secondary N) is 1. The average Bonchev–Trinajstić information content (AvgIpc) is 2.98. The number of hydrogen-bond donors (Lipinski definition) is 1. The van der Waals surface area contributed by atoms with Gasteiger partial charge in [-0.1, -0.05) is 0 Å². The molecule has 0 radical (unpaired) electrons. The number of rotatable bonds is 6. The Kier molecular flexibility index (Phi) is 4.94. The maximum Gasteiger partial charge on any atom is 0.235 e. The number of carbonyl (C=O) groups is 1. The summed E-state index contributed by atoms with van der Waals surface area (Å²) in [4.78, 5) is 15.8. The second kappa shape index (κ2) is 6.71. The molecule has 0 unspecified atom stereocenters. The smallest absolute Gasteiger partial charge is 0.235 e. The van der Waals surface area contributed by atoms with E-state index < -0.39 is 10.0 Å². The van der Waals surface area contributed by atoms with Crippen molar-refractivity contribution in [1.82, 2.24) is 14.6 Å². The highest BCUT2D eigenvalue weighted by Crippen LogP contribution is 2.19. The summed E-state index contributed by atoms with van der Waals surface area (Å²) >= 11 is 0. The van der Waals surface area contributed by atoms with Gasteiger partial charge < -0.3 is 9.73 Å². The molecule has 0 aromatic carbocycles. The second-order valence-corrected chi connectivity index (χ2v) is 6.94. The Bertz CT molecular complexity index is 741. The third-order valence-electron chi connectivity index (χ3n) is 3.02. The molecule has 1 N–H and O–H groups in total. The van der Waals surface area contributed by atoms with Crippen molar-refractivity contribution in [3.63, 3.8) is 0 Å². The Hall–Kier alpha value is -2.19. The molecule has 0 bridgehead atoms. The summed E-state index contributed by atoms with van der Waals surface area (Å²) < 4.78 is 28.8. The highest BCUT2D eigenvalue weighted by atomic mass is 32.2. The zero-order valence-electron chi connectivity index (χ0n) is 12.3. The molecule has 0 aliphatic heterocycles. The first-order valence-electron chi connectivity index (χ1n) is 6.52. The lowest BCUT2D eigenvalue weighted by molar-refractivity contribution is -0.121. The van der Waals surface area contributed by atoms with Crippen molar-refractivity contribution in [3.8, 4) is 11.3 Å². The Labute approximate surface area is 129 Å². The first kappa shape index (κ1) is 16.2. The first-order valence-corrected chi connectivity index (χ1v) is 8.37. The minimum absolute atomic E-state index is 0.218. The molecule has 0 fully saturated rings. The standard InChI is InChI=1S/C14H17N3O4S/c1-17(22(2,19)20)10-14(18)16-8-11-6-12(9-15-7-11)13-4-3-5-21-13/h3-7,9H,8,10H2,1-2H3,(H,16,18). The lowest BCUT2D eigenvalue weighted by atomic mass is 10.1. The van der Waals surface area contributed by atoms with Gasteiger partial charge in [0.15, 0.2) is 0 Å². The van der Waals surface area contributed by atoms with Crippen LogP contribution in [0.2, 0.25) is 0 Å². The number of aromatic nitrogens is 1. The van der Waals surface area contributed by atoms with E-state index in [1.807, 2.05) is 12.1 Å². The molecule has 22 heavy (non-hydrogen) atoms. The van der Waals surface area contributed by atoms with E-state index in [9.17, 15) is 13.2 Å². The van der Waals surface area contributed by atoms with Gasteiger partial charge in [0.2, 0.25) is 15.9 Å². The number of amides is 1. The molecule has 2 heterocycles. The van der Waals surface area contributed by atoms with Crippen molar-refractivity contribution in [2.75, 3.05) is 19.8 Å². The van der Waals surface area contributed by atoms with Crippen LogP contribution in [0.4, 0.5) is 0 Å². The van der Waals surface area contributed by atoms with Crippen molar-refractivity contribution in [1.29, 1.82) is 0 Å². The lowest BCUT2D eigenvalue weighted by Gasteiger charge is -2.13. The third kappa shape index (κ3) is 4.40. The molecule has 0 aliphatic rings. The van der Waals surface area contributed by atoms with Gasteiger partial charge in [0.1, 0.15) is 5.76 Å². The van der Waals surface area contributed by atoms with Crippen LogP contribution in [0, 0.1) is 0 Å². The molecule has 2 rings (SSSR count). The Morgan fingerprint density at radius 2 is 2.18 bits per heavy atom. The zero-order chi connectivity index (χ0) is 16.2. The van der Waals surface area contributed by atoms with Crippen LogP contribution >= 0.6 is 0 Å². The fraction of sp³-hybridized carbons (Fsp3) is 0.286. The predicted octanol–water partition coefficient (Wildman–Crippen LogP) is 0.849. The van der Waals surface area contributed by atoms with Gasteiger partial charge in [-0.15, -0.1) is 0 Å². The van der Waals surface area contributed by atoms with Crippen LogP contribution in [-0.4, -0.2) is 43.5 Å². The number of furan rings is 1. The Morgan fingerprint density at radius 3 is 2.82 bits per heavy atom. The Balaban J connectivity index is 1.95. The summed E-state index contributed by atoms with van der Waals surface area (Å²) in [5.41, 5.74) is 1.61. The maximum atomic E-state index is 11.7. The minimum Gasteiger partial charge on any atom is -0.464 e. The van der Waals surface area contributed by atoms with E-state index >= 15 is 0 Å². The van der Waals surface area contributed by atoms with E-state index in [2.05, 4.69) is 10.3 Å². The molecule has 0 saturated carbocycles. The fourth-order valence-corrected chi connectivity index (χ4v) is 2.09. The van der Waals surface area contributed by atoms with Gasteiger partial charge in [0.05, 0.1) is 19.1 Å². The van der Waals surface area contributed by atoms with Crippen LogP contribution in [0.5, 0.6) is 0 Å². The highest BCUT2D eigenvalue weighted by Gasteiger charge is 2.14. The van der Waals surface area contributed by atoms with Crippen LogP contribution in [0.25, 0.3) is 11.3 Å². The van der Waals surface area contributed by atoms with Crippen LogP contribution in [0.15, 0.2) is 41.3 Å². The van der Waals surface area contributed by atoms with Crippen molar-refractivity contribution < 1.29 is 17.6 Å². The number of likely N-dealkylation sites (N-methyl/N-ethyl adjacent to an activating group) is 1. The van der Waals surface area contributed by atoms with Crippen LogP contribution < -0.4 is 5.32 Å². The fourth-order valence-electron chi connectivity index (χ4n) is 1.74. The monoisotopic (exact) mass is 323 g/mol. The van der Waals surface area contributed by atoms with Crippen LogP contribution in [0.1, 0.15) is 5.56 Å². The largest absolute Gasteiger partial charge is 0.464 e. The van der Waals surface area contributed by atoms with Gasteiger partial charge in [0, 0.05) is 31.5 Å². The van der Waals surface area contributed by atoms with Gasteiger partial charge >= 0.3 is 0 Å². The average molecular weight is 323 g/mol. The topological polar surface area (TPSA) is 92.5 Å². The molecule has 8 heteroatoms. The number of nitrogens with zero attached hydrogens (tertiary/aromatic N) is 2. The summed E-state index contributed by atoms with van der Waals surface area (Å²) in [5.74, 6) is 0.314. The maximum absolute atomic E-state index is 11.7. The van der Waals surface area contributed by atoms with Gasteiger partial charge in [-0.05, 0) is 23.8 Å². The summed E-state index contributed by atoms with van der Waals surface area (Å²) in [6.45, 7) is 0.0438. The van der Waals surface area contributed by atoms with Crippen molar-refractivity contribution >= 4 is 15.9 Å². The molecule has 0 aliphatic carbocycles. The molecule has 0 saturated heterocycles. The molecule has 118 valence electrons. The molecule has 7 nitrogen and oxygen atoms in total. The van der Waals surface area contributed by atoms with Crippen molar-refractivity contribution in [2.45, 2.75) is 6.54 Å². The molecule has 2 aromatic heterocycles. The number of sulfonamides is 1. The highest BCUT2D eigenvalue weighted by molar-refractivity contribution is 7.88.